The molecule has 0 fully saturated rings. The molecule has 0 radical (unpaired) electrons. The van der Waals surface area contributed by atoms with Gasteiger partial charge >= 0.3 is 0 Å². The highest BCUT2D eigenvalue weighted by atomic mass is 79.9. The first-order chi connectivity index (χ1) is 9.20. The molecule has 0 saturated heterocycles. The van der Waals surface area contributed by atoms with E-state index in [0.717, 1.165) is 11.8 Å². The van der Waals surface area contributed by atoms with Gasteiger partial charge in [-0.15, -0.1) is 0 Å². The lowest BCUT2D eigenvalue weighted by atomic mass is 9.92. The molecule has 19 heavy (non-hydrogen) atoms. The van der Waals surface area contributed by atoms with Gasteiger partial charge in [0, 0.05) is 5.33 Å². The highest BCUT2D eigenvalue weighted by Crippen LogP contribution is 2.24. The molecule has 0 nitrogen and oxygen atoms in total. The summed E-state index contributed by atoms with van der Waals surface area (Å²) in [4.78, 5) is 0. The SMILES string of the molecule is CC(C)c1ccc(CC(CBr)c2ccccc2)cc1. The monoisotopic (exact) mass is 316 g/mol. The van der Waals surface area contributed by atoms with Crippen LogP contribution in [0, 0.1) is 0 Å². The molecule has 0 heterocycles. The number of benzene rings is 2. The maximum Gasteiger partial charge on any atom is 0.0103 e. The third-order valence-electron chi connectivity index (χ3n) is 3.59. The van der Waals surface area contributed by atoms with Crippen molar-refractivity contribution in [1.82, 2.24) is 0 Å². The van der Waals surface area contributed by atoms with Crippen LogP contribution in [0.3, 0.4) is 0 Å². The Morgan fingerprint density at radius 1 is 0.842 bits per heavy atom. The molecule has 2 aromatic carbocycles. The van der Waals surface area contributed by atoms with Crippen LogP contribution in [0.2, 0.25) is 0 Å². The van der Waals surface area contributed by atoms with Crippen LogP contribution in [0.4, 0.5) is 0 Å². The average Bonchev–Trinajstić information content (AvgIpc) is 2.46. The summed E-state index contributed by atoms with van der Waals surface area (Å²) < 4.78 is 0. The number of rotatable bonds is 5. The summed E-state index contributed by atoms with van der Waals surface area (Å²) in [5, 5.41) is 1.00. The van der Waals surface area contributed by atoms with Gasteiger partial charge in [0.05, 0.1) is 0 Å². The minimum atomic E-state index is 0.547. The molecule has 2 rings (SSSR count). The molecule has 0 aliphatic rings. The molecule has 0 aromatic heterocycles. The summed E-state index contributed by atoms with van der Waals surface area (Å²) in [6.45, 7) is 4.47. The fourth-order valence-electron chi connectivity index (χ4n) is 2.31. The van der Waals surface area contributed by atoms with Crippen LogP contribution in [0.1, 0.15) is 42.4 Å². The fraction of sp³-hybridized carbons (Fsp3) is 0.333. The van der Waals surface area contributed by atoms with Crippen molar-refractivity contribution < 1.29 is 0 Å². The van der Waals surface area contributed by atoms with Crippen LogP contribution in [-0.2, 0) is 6.42 Å². The Hall–Kier alpha value is -1.08. The molecule has 0 aliphatic heterocycles. The van der Waals surface area contributed by atoms with Crippen LogP contribution in [0.5, 0.6) is 0 Å². The maximum absolute atomic E-state index is 3.65. The summed E-state index contributed by atoms with van der Waals surface area (Å²) in [7, 11) is 0. The van der Waals surface area contributed by atoms with Gasteiger partial charge in [0.15, 0.2) is 0 Å². The van der Waals surface area contributed by atoms with Crippen molar-refractivity contribution in [1.29, 1.82) is 0 Å². The smallest absolute Gasteiger partial charge is 0.0103 e. The lowest BCUT2D eigenvalue weighted by Gasteiger charge is -2.15. The van der Waals surface area contributed by atoms with E-state index in [9.17, 15) is 0 Å². The molecule has 0 bridgehead atoms. The Morgan fingerprint density at radius 2 is 1.47 bits per heavy atom. The summed E-state index contributed by atoms with van der Waals surface area (Å²) in [5.74, 6) is 1.15. The van der Waals surface area contributed by atoms with Gasteiger partial charge in [-0.2, -0.15) is 0 Å². The number of hydrogen-bond acceptors (Lipinski definition) is 0. The molecule has 0 aliphatic carbocycles. The largest absolute Gasteiger partial charge is 0.0921 e. The Labute approximate surface area is 125 Å². The molecule has 0 amide bonds. The number of halogens is 1. The van der Waals surface area contributed by atoms with Crippen LogP contribution in [0.15, 0.2) is 54.6 Å². The van der Waals surface area contributed by atoms with Gasteiger partial charge in [-0.25, -0.2) is 0 Å². The van der Waals surface area contributed by atoms with E-state index in [1.54, 1.807) is 0 Å². The molecule has 0 saturated carbocycles. The minimum Gasteiger partial charge on any atom is -0.0921 e. The second kappa shape index (κ2) is 6.91. The minimum absolute atomic E-state index is 0.547. The van der Waals surface area contributed by atoms with Crippen molar-refractivity contribution in [3.63, 3.8) is 0 Å². The van der Waals surface area contributed by atoms with Crippen molar-refractivity contribution in [2.45, 2.75) is 32.1 Å². The van der Waals surface area contributed by atoms with E-state index in [1.807, 2.05) is 0 Å². The van der Waals surface area contributed by atoms with Gasteiger partial charge in [0.2, 0.25) is 0 Å². The van der Waals surface area contributed by atoms with E-state index < -0.39 is 0 Å². The first-order valence-electron chi connectivity index (χ1n) is 6.90. The molecule has 2 aromatic rings. The lowest BCUT2D eigenvalue weighted by molar-refractivity contribution is 0.773. The Bertz CT molecular complexity index is 485. The summed E-state index contributed by atoms with van der Waals surface area (Å²) in [6.07, 6.45) is 1.09. The summed E-state index contributed by atoms with van der Waals surface area (Å²) in [5.41, 5.74) is 4.24. The van der Waals surface area contributed by atoms with Crippen molar-refractivity contribution >= 4 is 15.9 Å². The quantitative estimate of drug-likeness (QED) is 0.636. The number of alkyl halides is 1. The lowest BCUT2D eigenvalue weighted by Crippen LogP contribution is -2.04. The van der Waals surface area contributed by atoms with Crippen LogP contribution >= 0.6 is 15.9 Å². The second-order valence-corrected chi connectivity index (χ2v) is 6.01. The van der Waals surface area contributed by atoms with Crippen molar-refractivity contribution in [3.05, 3.63) is 71.3 Å². The van der Waals surface area contributed by atoms with Gasteiger partial charge < -0.3 is 0 Å². The van der Waals surface area contributed by atoms with Crippen molar-refractivity contribution in [3.8, 4) is 0 Å². The highest BCUT2D eigenvalue weighted by Gasteiger charge is 2.10. The third-order valence-corrected chi connectivity index (χ3v) is 4.37. The Morgan fingerprint density at radius 3 is 2.00 bits per heavy atom. The van der Waals surface area contributed by atoms with Crippen molar-refractivity contribution in [2.75, 3.05) is 5.33 Å². The normalized spacial score (nSPS) is 12.6. The average molecular weight is 317 g/mol. The highest BCUT2D eigenvalue weighted by molar-refractivity contribution is 9.09. The predicted molar refractivity (Wildman–Crippen MR) is 87.2 cm³/mol. The molecule has 1 unspecified atom stereocenters. The van der Waals surface area contributed by atoms with E-state index in [4.69, 9.17) is 0 Å². The van der Waals surface area contributed by atoms with E-state index in [2.05, 4.69) is 84.4 Å². The zero-order valence-corrected chi connectivity index (χ0v) is 13.2. The standard InChI is InChI=1S/C18H21Br/c1-14(2)16-10-8-15(9-11-16)12-18(13-19)17-6-4-3-5-7-17/h3-11,14,18H,12-13H2,1-2H3. The fourth-order valence-corrected chi connectivity index (χ4v) is 2.91. The van der Waals surface area contributed by atoms with Crippen LogP contribution in [0.25, 0.3) is 0 Å². The van der Waals surface area contributed by atoms with Crippen LogP contribution < -0.4 is 0 Å². The molecule has 1 atom stereocenters. The van der Waals surface area contributed by atoms with E-state index in [-0.39, 0.29) is 0 Å². The molecule has 100 valence electrons. The number of hydrogen-bond donors (Lipinski definition) is 0. The molecule has 1 heteroatoms. The first kappa shape index (κ1) is 14.3. The van der Waals surface area contributed by atoms with Gasteiger partial charge in [-0.3, -0.25) is 0 Å². The zero-order chi connectivity index (χ0) is 13.7. The van der Waals surface area contributed by atoms with Gasteiger partial charge in [-0.05, 0) is 34.9 Å². The van der Waals surface area contributed by atoms with Crippen molar-refractivity contribution in [2.24, 2.45) is 0 Å². The summed E-state index contributed by atoms with van der Waals surface area (Å²) in [6, 6.07) is 19.8. The van der Waals surface area contributed by atoms with E-state index >= 15 is 0 Å². The molecule has 0 N–H and O–H groups in total. The van der Waals surface area contributed by atoms with Gasteiger partial charge in [0.25, 0.3) is 0 Å². The van der Waals surface area contributed by atoms with Gasteiger partial charge in [0.1, 0.15) is 0 Å². The Balaban J connectivity index is 2.10. The first-order valence-corrected chi connectivity index (χ1v) is 8.02. The zero-order valence-electron chi connectivity index (χ0n) is 11.6. The van der Waals surface area contributed by atoms with Crippen LogP contribution in [-0.4, -0.2) is 5.33 Å². The maximum atomic E-state index is 3.65. The second-order valence-electron chi connectivity index (χ2n) is 5.36. The predicted octanol–water partition coefficient (Wildman–Crippen LogP) is 5.53. The van der Waals surface area contributed by atoms with Gasteiger partial charge in [-0.1, -0.05) is 84.4 Å². The molecular weight excluding hydrogens is 296 g/mol. The van der Waals surface area contributed by atoms with E-state index in [0.29, 0.717) is 11.8 Å². The molecular formula is C18H21Br. The third kappa shape index (κ3) is 3.94. The van der Waals surface area contributed by atoms with E-state index in [1.165, 1.54) is 16.7 Å². The topological polar surface area (TPSA) is 0 Å². The summed E-state index contributed by atoms with van der Waals surface area (Å²) >= 11 is 3.65. The molecule has 0 spiro atoms. The Kier molecular flexibility index (Phi) is 5.21.